The molecule has 0 spiro atoms. The van der Waals surface area contributed by atoms with Gasteiger partial charge in [-0.15, -0.1) is 6.58 Å². The van der Waals surface area contributed by atoms with Crippen molar-refractivity contribution in [3.63, 3.8) is 0 Å². The second kappa shape index (κ2) is 6.60. The van der Waals surface area contributed by atoms with Crippen LogP contribution in [0, 0.1) is 5.92 Å². The molecule has 0 atom stereocenters. The van der Waals surface area contributed by atoms with Gasteiger partial charge in [-0.3, -0.25) is 4.79 Å². The molecule has 1 amide bonds. The average Bonchev–Trinajstić information content (AvgIpc) is 2.25. The number of piperidine rings is 1. The Bertz CT molecular complexity index is 176. The number of hydrogen-bond donors (Lipinski definition) is 1. The Morgan fingerprint density at radius 2 is 2.14 bits per heavy atom. The number of hydrogen-bond acceptors (Lipinski definition) is 2. The van der Waals surface area contributed by atoms with E-state index in [1.165, 1.54) is 12.8 Å². The summed E-state index contributed by atoms with van der Waals surface area (Å²) in [5.74, 6) is 0.795. The summed E-state index contributed by atoms with van der Waals surface area (Å²) in [5.41, 5.74) is 0. The van der Waals surface area contributed by atoms with Crippen molar-refractivity contribution in [2.24, 2.45) is 5.92 Å². The van der Waals surface area contributed by atoms with Gasteiger partial charge in [0.15, 0.2) is 0 Å². The highest BCUT2D eigenvalue weighted by atomic mass is 16.1. The Morgan fingerprint density at radius 3 is 2.71 bits per heavy atom. The van der Waals surface area contributed by atoms with Gasteiger partial charge in [-0.1, -0.05) is 6.08 Å². The van der Waals surface area contributed by atoms with Gasteiger partial charge in [0.05, 0.1) is 0 Å². The Morgan fingerprint density at radius 1 is 1.43 bits per heavy atom. The molecule has 1 aliphatic rings. The van der Waals surface area contributed by atoms with Crippen LogP contribution in [0.3, 0.4) is 0 Å². The molecule has 0 bridgehead atoms. The van der Waals surface area contributed by atoms with E-state index in [0.29, 0.717) is 6.54 Å². The van der Waals surface area contributed by atoms with Crippen LogP contribution >= 0.6 is 0 Å². The number of nitrogens with one attached hydrogen (secondary N) is 1. The van der Waals surface area contributed by atoms with Crippen molar-refractivity contribution in [1.29, 1.82) is 0 Å². The highest BCUT2D eigenvalue weighted by Gasteiger charge is 2.13. The number of nitrogens with zero attached hydrogens (tertiary/aromatic N) is 1. The molecule has 0 aromatic carbocycles. The van der Waals surface area contributed by atoms with Crippen LogP contribution in [0.1, 0.15) is 19.3 Å². The van der Waals surface area contributed by atoms with Crippen molar-refractivity contribution in [3.05, 3.63) is 12.7 Å². The first-order valence-electron chi connectivity index (χ1n) is 5.37. The predicted octanol–water partition coefficient (Wildman–Crippen LogP) is 1.02. The molecule has 1 saturated heterocycles. The van der Waals surface area contributed by atoms with Crippen LogP contribution in [-0.2, 0) is 4.79 Å². The summed E-state index contributed by atoms with van der Waals surface area (Å²) in [4.78, 5) is 12.4. The van der Waals surface area contributed by atoms with Crippen LogP contribution in [-0.4, -0.2) is 37.5 Å². The van der Waals surface area contributed by atoms with Crippen molar-refractivity contribution in [2.75, 3.05) is 26.2 Å². The van der Waals surface area contributed by atoms with Gasteiger partial charge < -0.3 is 10.2 Å². The lowest BCUT2D eigenvalue weighted by atomic mass is 9.94. The molecule has 1 rings (SSSR count). The Labute approximate surface area is 86.2 Å². The van der Waals surface area contributed by atoms with E-state index in [1.54, 1.807) is 11.0 Å². The van der Waals surface area contributed by atoms with E-state index in [0.717, 1.165) is 38.4 Å². The topological polar surface area (TPSA) is 32.3 Å². The third kappa shape index (κ3) is 3.92. The van der Waals surface area contributed by atoms with Crippen molar-refractivity contribution < 1.29 is 4.79 Å². The summed E-state index contributed by atoms with van der Waals surface area (Å²) in [7, 11) is 0. The third-order valence-corrected chi connectivity index (χ3v) is 2.80. The maximum atomic E-state index is 10.6. The van der Waals surface area contributed by atoms with Crippen molar-refractivity contribution in [1.82, 2.24) is 10.2 Å². The standard InChI is InChI=1S/C11H20N2O/c1-2-8-13(10-14)9-5-11-3-6-12-7-4-11/h2,10-12H,1,3-9H2. The van der Waals surface area contributed by atoms with Crippen LogP contribution in [0.4, 0.5) is 0 Å². The lowest BCUT2D eigenvalue weighted by Crippen LogP contribution is -2.31. The maximum absolute atomic E-state index is 10.6. The lowest BCUT2D eigenvalue weighted by molar-refractivity contribution is -0.117. The predicted molar refractivity (Wildman–Crippen MR) is 58.0 cm³/mol. The summed E-state index contributed by atoms with van der Waals surface area (Å²) >= 11 is 0. The summed E-state index contributed by atoms with van der Waals surface area (Å²) < 4.78 is 0. The molecule has 0 unspecified atom stereocenters. The highest BCUT2D eigenvalue weighted by Crippen LogP contribution is 2.15. The average molecular weight is 196 g/mol. The Hall–Kier alpha value is -0.830. The minimum atomic E-state index is 0.675. The molecule has 14 heavy (non-hydrogen) atoms. The first kappa shape index (κ1) is 11.2. The van der Waals surface area contributed by atoms with E-state index < -0.39 is 0 Å². The van der Waals surface area contributed by atoms with Gasteiger partial charge in [0.1, 0.15) is 0 Å². The molecule has 0 saturated carbocycles. The molecule has 1 aliphatic heterocycles. The summed E-state index contributed by atoms with van der Waals surface area (Å²) in [6.07, 6.45) is 6.33. The van der Waals surface area contributed by atoms with E-state index in [9.17, 15) is 4.79 Å². The number of carbonyl (C=O) groups excluding carboxylic acids is 1. The quantitative estimate of drug-likeness (QED) is 0.508. The van der Waals surface area contributed by atoms with Crippen LogP contribution in [0.2, 0.25) is 0 Å². The van der Waals surface area contributed by atoms with Crippen molar-refractivity contribution in [2.45, 2.75) is 19.3 Å². The molecule has 0 radical (unpaired) electrons. The van der Waals surface area contributed by atoms with Gasteiger partial charge in [-0.2, -0.15) is 0 Å². The summed E-state index contributed by atoms with van der Waals surface area (Å²) in [6.45, 7) is 7.45. The summed E-state index contributed by atoms with van der Waals surface area (Å²) in [6, 6.07) is 0. The van der Waals surface area contributed by atoms with Gasteiger partial charge in [0, 0.05) is 13.1 Å². The van der Waals surface area contributed by atoms with E-state index in [4.69, 9.17) is 0 Å². The molecule has 0 aromatic rings. The molecule has 0 aliphatic carbocycles. The summed E-state index contributed by atoms with van der Waals surface area (Å²) in [5, 5.41) is 3.34. The van der Waals surface area contributed by atoms with Crippen LogP contribution in [0.25, 0.3) is 0 Å². The van der Waals surface area contributed by atoms with E-state index in [-0.39, 0.29) is 0 Å². The lowest BCUT2D eigenvalue weighted by Gasteiger charge is -2.24. The smallest absolute Gasteiger partial charge is 0.209 e. The van der Waals surface area contributed by atoms with Gasteiger partial charge in [0.2, 0.25) is 6.41 Å². The Kier molecular flexibility index (Phi) is 5.30. The maximum Gasteiger partial charge on any atom is 0.209 e. The first-order chi connectivity index (χ1) is 6.86. The SMILES string of the molecule is C=CCN(C=O)CCC1CCNCC1. The monoisotopic (exact) mass is 196 g/mol. The van der Waals surface area contributed by atoms with Gasteiger partial charge in [-0.25, -0.2) is 0 Å². The van der Waals surface area contributed by atoms with Crippen LogP contribution < -0.4 is 5.32 Å². The molecule has 3 heteroatoms. The fourth-order valence-electron chi connectivity index (χ4n) is 1.87. The molecular formula is C11H20N2O. The number of carbonyl (C=O) groups is 1. The molecule has 0 aromatic heterocycles. The van der Waals surface area contributed by atoms with Crippen molar-refractivity contribution in [3.8, 4) is 0 Å². The van der Waals surface area contributed by atoms with Gasteiger partial charge in [-0.05, 0) is 38.3 Å². The molecule has 1 N–H and O–H groups in total. The molecular weight excluding hydrogens is 176 g/mol. The van der Waals surface area contributed by atoms with Crippen LogP contribution in [0.5, 0.6) is 0 Å². The fraction of sp³-hybridized carbons (Fsp3) is 0.727. The fourth-order valence-corrected chi connectivity index (χ4v) is 1.87. The molecule has 1 fully saturated rings. The van der Waals surface area contributed by atoms with Gasteiger partial charge >= 0.3 is 0 Å². The van der Waals surface area contributed by atoms with Crippen LogP contribution in [0.15, 0.2) is 12.7 Å². The number of amides is 1. The Balaban J connectivity index is 2.16. The normalized spacial score (nSPS) is 17.7. The second-order valence-corrected chi connectivity index (χ2v) is 3.87. The minimum Gasteiger partial charge on any atom is -0.342 e. The van der Waals surface area contributed by atoms with E-state index >= 15 is 0 Å². The highest BCUT2D eigenvalue weighted by molar-refractivity contribution is 5.47. The second-order valence-electron chi connectivity index (χ2n) is 3.87. The van der Waals surface area contributed by atoms with Crippen molar-refractivity contribution >= 4 is 6.41 Å². The zero-order valence-corrected chi connectivity index (χ0v) is 8.74. The largest absolute Gasteiger partial charge is 0.342 e. The zero-order valence-electron chi connectivity index (χ0n) is 8.74. The first-order valence-corrected chi connectivity index (χ1v) is 5.37. The zero-order chi connectivity index (χ0) is 10.2. The molecule has 80 valence electrons. The van der Waals surface area contributed by atoms with E-state index in [2.05, 4.69) is 11.9 Å². The number of rotatable bonds is 6. The van der Waals surface area contributed by atoms with Gasteiger partial charge in [0.25, 0.3) is 0 Å². The minimum absolute atomic E-state index is 0.675. The third-order valence-electron chi connectivity index (χ3n) is 2.80. The molecule has 1 heterocycles. The van der Waals surface area contributed by atoms with E-state index in [1.807, 2.05) is 0 Å². The molecule has 3 nitrogen and oxygen atoms in total.